The summed E-state index contributed by atoms with van der Waals surface area (Å²) in [6.45, 7) is 10.8. The van der Waals surface area contributed by atoms with Crippen molar-refractivity contribution in [3.8, 4) is 0 Å². The summed E-state index contributed by atoms with van der Waals surface area (Å²) in [5, 5.41) is 0. The summed E-state index contributed by atoms with van der Waals surface area (Å²) >= 11 is 0. The summed E-state index contributed by atoms with van der Waals surface area (Å²) in [4.78, 5) is 4.55. The van der Waals surface area contributed by atoms with E-state index >= 15 is 0 Å². The van der Waals surface area contributed by atoms with Crippen LogP contribution in [0.5, 0.6) is 0 Å². The van der Waals surface area contributed by atoms with Crippen molar-refractivity contribution in [2.45, 2.75) is 69.3 Å². The lowest BCUT2D eigenvalue weighted by atomic mass is 10.1. The highest BCUT2D eigenvalue weighted by atomic mass is 32.2. The molecule has 0 aliphatic carbocycles. The fourth-order valence-electron chi connectivity index (χ4n) is 5.29. The molecule has 2 aliphatic rings. The Morgan fingerprint density at radius 2 is 1.34 bits per heavy atom. The fraction of sp³-hybridized carbons (Fsp3) is 0.536. The second-order valence-electron chi connectivity index (χ2n) is 10.8. The van der Waals surface area contributed by atoms with Gasteiger partial charge in [-0.25, -0.2) is 8.42 Å². The topological polar surface area (TPSA) is 90.4 Å². The van der Waals surface area contributed by atoms with Crippen molar-refractivity contribution < 1.29 is 16.8 Å². The highest BCUT2D eigenvalue weighted by Gasteiger charge is 2.41. The Kier molecular flexibility index (Phi) is 8.96. The zero-order valence-corrected chi connectivity index (χ0v) is 24.5. The average Bonchev–Trinajstić information content (AvgIpc) is 2.89. The van der Waals surface area contributed by atoms with Gasteiger partial charge < -0.3 is 4.90 Å². The number of piperidine rings is 1. The van der Waals surface area contributed by atoms with Crippen molar-refractivity contribution in [3.05, 3.63) is 59.7 Å². The molecule has 0 amide bonds. The van der Waals surface area contributed by atoms with Crippen molar-refractivity contribution in [1.29, 1.82) is 0 Å². The molecular weight excluding hydrogens is 520 g/mol. The normalized spacial score (nSPS) is 20.7. The van der Waals surface area contributed by atoms with Crippen molar-refractivity contribution >= 4 is 25.9 Å². The van der Waals surface area contributed by atoms with Gasteiger partial charge in [0, 0.05) is 13.1 Å². The first-order chi connectivity index (χ1) is 18.0. The molecule has 1 atom stereocenters. The largest absolute Gasteiger partial charge is 0.341 e. The Balaban J connectivity index is 1.76. The molecule has 2 heterocycles. The molecule has 0 saturated carbocycles. The lowest BCUT2D eigenvalue weighted by molar-refractivity contribution is 0.0799. The molecule has 0 aromatic heterocycles. The van der Waals surface area contributed by atoms with E-state index in [9.17, 15) is 16.8 Å². The SMILES string of the molecule is Cc1ccc(S(=O)(=O)N=C(CN2CCCCC2)N2CCCN(S(=O)(=O)c3ccc(C)cc3)[C@H]2C(C)C)cc1. The van der Waals surface area contributed by atoms with Gasteiger partial charge in [-0.3, -0.25) is 4.90 Å². The van der Waals surface area contributed by atoms with Crippen LogP contribution in [0.3, 0.4) is 0 Å². The maximum atomic E-state index is 13.8. The second-order valence-corrected chi connectivity index (χ2v) is 14.3. The van der Waals surface area contributed by atoms with E-state index < -0.39 is 26.2 Å². The number of amidine groups is 1. The molecule has 2 aliphatic heterocycles. The van der Waals surface area contributed by atoms with Crippen LogP contribution in [-0.2, 0) is 20.0 Å². The first kappa shape index (κ1) is 28.7. The Bertz CT molecular complexity index is 1330. The summed E-state index contributed by atoms with van der Waals surface area (Å²) in [6, 6.07) is 13.6. The van der Waals surface area contributed by atoms with E-state index in [1.807, 2.05) is 32.6 Å². The molecule has 0 spiro atoms. The van der Waals surface area contributed by atoms with E-state index in [-0.39, 0.29) is 15.7 Å². The molecule has 10 heteroatoms. The number of rotatable bonds is 7. The van der Waals surface area contributed by atoms with Crippen LogP contribution in [0.25, 0.3) is 0 Å². The minimum absolute atomic E-state index is 0.0934. The van der Waals surface area contributed by atoms with Gasteiger partial charge in [-0.1, -0.05) is 55.7 Å². The van der Waals surface area contributed by atoms with Gasteiger partial charge in [0.05, 0.1) is 22.5 Å². The highest BCUT2D eigenvalue weighted by Crippen LogP contribution is 2.29. The summed E-state index contributed by atoms with van der Waals surface area (Å²) in [5.41, 5.74) is 1.95. The highest BCUT2D eigenvalue weighted by molar-refractivity contribution is 7.90. The minimum atomic E-state index is -3.98. The van der Waals surface area contributed by atoms with E-state index in [0.717, 1.165) is 43.5 Å². The van der Waals surface area contributed by atoms with Crippen LogP contribution in [0, 0.1) is 19.8 Å². The lowest BCUT2D eigenvalue weighted by Gasteiger charge is -2.47. The van der Waals surface area contributed by atoms with Crippen LogP contribution < -0.4 is 0 Å². The van der Waals surface area contributed by atoms with E-state index in [1.165, 1.54) is 4.31 Å². The summed E-state index contributed by atoms with van der Waals surface area (Å²) < 4.78 is 60.6. The lowest BCUT2D eigenvalue weighted by Crippen LogP contribution is -2.61. The Morgan fingerprint density at radius 1 is 0.789 bits per heavy atom. The van der Waals surface area contributed by atoms with Gasteiger partial charge >= 0.3 is 0 Å². The summed E-state index contributed by atoms with van der Waals surface area (Å²) in [6.07, 6.45) is 3.30. The predicted octanol–water partition coefficient (Wildman–Crippen LogP) is 4.26. The monoisotopic (exact) mass is 560 g/mol. The molecule has 4 rings (SSSR count). The van der Waals surface area contributed by atoms with Crippen LogP contribution >= 0.6 is 0 Å². The summed E-state index contributed by atoms with van der Waals surface area (Å²) in [7, 11) is -7.78. The van der Waals surface area contributed by atoms with Crippen LogP contribution in [0.2, 0.25) is 0 Å². The number of likely N-dealkylation sites (tertiary alicyclic amines) is 1. The zero-order chi connectivity index (χ0) is 27.5. The number of nitrogens with zero attached hydrogens (tertiary/aromatic N) is 4. The zero-order valence-electron chi connectivity index (χ0n) is 22.9. The van der Waals surface area contributed by atoms with Crippen LogP contribution in [0.4, 0.5) is 0 Å². The third-order valence-electron chi connectivity index (χ3n) is 7.31. The molecule has 38 heavy (non-hydrogen) atoms. The standard InChI is InChI=1S/C28H40N4O4S2/c1-22(2)28-31(19-8-20-32(28)38(35,36)26-15-11-24(4)12-16-26)27(21-30-17-6-5-7-18-30)29-37(33,34)25-13-9-23(3)10-14-25/h9-16,22,28H,5-8,17-21H2,1-4H3/t28-/m0/s1. The molecule has 0 bridgehead atoms. The van der Waals surface area contributed by atoms with E-state index in [0.29, 0.717) is 31.9 Å². The predicted molar refractivity (Wildman–Crippen MR) is 151 cm³/mol. The van der Waals surface area contributed by atoms with Gasteiger partial charge in [-0.15, -0.1) is 4.40 Å². The quantitative estimate of drug-likeness (QED) is 0.371. The van der Waals surface area contributed by atoms with E-state index in [1.54, 1.807) is 48.5 Å². The van der Waals surface area contributed by atoms with Gasteiger partial charge in [-0.2, -0.15) is 12.7 Å². The number of hydrogen-bond donors (Lipinski definition) is 0. The molecule has 2 aromatic rings. The number of aryl methyl sites for hydroxylation is 2. The molecule has 2 fully saturated rings. The van der Waals surface area contributed by atoms with Gasteiger partial charge in [0.1, 0.15) is 5.84 Å². The number of hydrogen-bond acceptors (Lipinski definition) is 5. The summed E-state index contributed by atoms with van der Waals surface area (Å²) in [5.74, 6) is 0.319. The van der Waals surface area contributed by atoms with Gasteiger partial charge in [0.2, 0.25) is 10.0 Å². The Labute approximate surface area is 228 Å². The molecule has 2 aromatic carbocycles. The minimum Gasteiger partial charge on any atom is -0.341 e. The number of sulfonamides is 2. The number of benzene rings is 2. The molecule has 208 valence electrons. The van der Waals surface area contributed by atoms with Crippen molar-refractivity contribution in [1.82, 2.24) is 14.1 Å². The van der Waals surface area contributed by atoms with Gasteiger partial charge in [-0.05, 0) is 76.4 Å². The molecule has 0 unspecified atom stereocenters. The van der Waals surface area contributed by atoms with Crippen molar-refractivity contribution in [2.24, 2.45) is 10.3 Å². The second kappa shape index (κ2) is 11.9. The van der Waals surface area contributed by atoms with Gasteiger partial charge in [0.15, 0.2) is 0 Å². The smallest absolute Gasteiger partial charge is 0.283 e. The third kappa shape index (κ3) is 6.47. The van der Waals surface area contributed by atoms with Crippen LogP contribution in [-0.4, -0.2) is 75.7 Å². The van der Waals surface area contributed by atoms with Crippen LogP contribution in [0.1, 0.15) is 50.7 Å². The van der Waals surface area contributed by atoms with Crippen molar-refractivity contribution in [2.75, 3.05) is 32.7 Å². The third-order valence-corrected chi connectivity index (χ3v) is 10.5. The molecule has 2 saturated heterocycles. The van der Waals surface area contributed by atoms with E-state index in [4.69, 9.17) is 0 Å². The molecular formula is C28H40N4O4S2. The Morgan fingerprint density at radius 3 is 1.89 bits per heavy atom. The first-order valence-electron chi connectivity index (χ1n) is 13.5. The average molecular weight is 561 g/mol. The van der Waals surface area contributed by atoms with Gasteiger partial charge in [0.25, 0.3) is 10.0 Å². The maximum Gasteiger partial charge on any atom is 0.283 e. The Hall–Kier alpha value is -2.27. The van der Waals surface area contributed by atoms with Crippen LogP contribution in [0.15, 0.2) is 62.7 Å². The molecule has 0 N–H and O–H groups in total. The maximum absolute atomic E-state index is 13.8. The molecule has 8 nitrogen and oxygen atoms in total. The molecule has 0 radical (unpaired) electrons. The van der Waals surface area contributed by atoms with Crippen molar-refractivity contribution in [3.63, 3.8) is 0 Å². The first-order valence-corrected chi connectivity index (χ1v) is 16.3. The van der Waals surface area contributed by atoms with E-state index in [2.05, 4.69) is 9.30 Å². The fourth-order valence-corrected chi connectivity index (χ4v) is 8.08.